The molecule has 0 fully saturated rings. The van der Waals surface area contributed by atoms with E-state index in [0.717, 1.165) is 5.56 Å². The summed E-state index contributed by atoms with van der Waals surface area (Å²) in [6.07, 6.45) is 0. The Balaban J connectivity index is 2.23. The molecule has 0 aliphatic rings. The molecule has 5 heteroatoms. The summed E-state index contributed by atoms with van der Waals surface area (Å²) >= 11 is 9.38. The number of carbonyl (C=O) groups excluding carboxylic acids is 1. The highest BCUT2D eigenvalue weighted by molar-refractivity contribution is 9.10. The SMILES string of the molecule is NCc1cccc(NC(=O)c2cccc(Br)c2Cl)c1. The third-order valence-corrected chi connectivity index (χ3v) is 3.91. The lowest BCUT2D eigenvalue weighted by molar-refractivity contribution is 0.102. The zero-order chi connectivity index (χ0) is 13.8. The van der Waals surface area contributed by atoms with Crippen LogP contribution in [0, 0.1) is 0 Å². The Bertz CT molecular complexity index is 616. The Labute approximate surface area is 124 Å². The molecule has 0 unspecified atom stereocenters. The summed E-state index contributed by atoms with van der Waals surface area (Å²) in [6.45, 7) is 0.432. The van der Waals surface area contributed by atoms with Crippen molar-refractivity contribution < 1.29 is 4.79 Å². The van der Waals surface area contributed by atoms with Crippen LogP contribution in [-0.4, -0.2) is 5.91 Å². The number of hydrogen-bond acceptors (Lipinski definition) is 2. The Morgan fingerprint density at radius 2 is 2.00 bits per heavy atom. The molecule has 3 nitrogen and oxygen atoms in total. The van der Waals surface area contributed by atoms with Crippen LogP contribution in [0.1, 0.15) is 15.9 Å². The van der Waals surface area contributed by atoms with Gasteiger partial charge in [0.05, 0.1) is 10.6 Å². The van der Waals surface area contributed by atoms with Gasteiger partial charge in [0.2, 0.25) is 0 Å². The van der Waals surface area contributed by atoms with Gasteiger partial charge in [-0.2, -0.15) is 0 Å². The number of rotatable bonds is 3. The van der Waals surface area contributed by atoms with Crippen molar-refractivity contribution in [3.05, 3.63) is 63.1 Å². The molecule has 0 bridgehead atoms. The van der Waals surface area contributed by atoms with Crippen molar-refractivity contribution >= 4 is 39.1 Å². The third-order valence-electron chi connectivity index (χ3n) is 2.62. The number of halogens is 2. The van der Waals surface area contributed by atoms with Crippen molar-refractivity contribution in [2.75, 3.05) is 5.32 Å². The van der Waals surface area contributed by atoms with Crippen LogP contribution in [0.3, 0.4) is 0 Å². The zero-order valence-electron chi connectivity index (χ0n) is 9.99. The van der Waals surface area contributed by atoms with Crippen molar-refractivity contribution in [3.8, 4) is 0 Å². The molecule has 2 aromatic carbocycles. The first kappa shape index (κ1) is 14.1. The molecule has 1 amide bonds. The summed E-state index contributed by atoms with van der Waals surface area (Å²) < 4.78 is 0.692. The molecule has 19 heavy (non-hydrogen) atoms. The summed E-state index contributed by atoms with van der Waals surface area (Å²) in [5.41, 5.74) is 7.64. The summed E-state index contributed by atoms with van der Waals surface area (Å²) in [5, 5.41) is 3.20. The van der Waals surface area contributed by atoms with Gasteiger partial charge >= 0.3 is 0 Å². The van der Waals surface area contributed by atoms with E-state index in [9.17, 15) is 4.79 Å². The normalized spacial score (nSPS) is 10.3. The van der Waals surface area contributed by atoms with Crippen molar-refractivity contribution in [2.24, 2.45) is 5.73 Å². The topological polar surface area (TPSA) is 55.1 Å². The summed E-state index contributed by atoms with van der Waals surface area (Å²) in [6, 6.07) is 12.6. The van der Waals surface area contributed by atoms with Gasteiger partial charge in [-0.1, -0.05) is 29.8 Å². The highest BCUT2D eigenvalue weighted by Crippen LogP contribution is 2.26. The summed E-state index contributed by atoms with van der Waals surface area (Å²) in [7, 11) is 0. The monoisotopic (exact) mass is 338 g/mol. The molecule has 0 heterocycles. The predicted molar refractivity (Wildman–Crippen MR) is 81.4 cm³/mol. The average Bonchev–Trinajstić information content (AvgIpc) is 2.42. The van der Waals surface area contributed by atoms with E-state index in [1.165, 1.54) is 0 Å². The quantitative estimate of drug-likeness (QED) is 0.893. The second kappa shape index (κ2) is 6.19. The largest absolute Gasteiger partial charge is 0.326 e. The number of nitrogens with one attached hydrogen (secondary N) is 1. The van der Waals surface area contributed by atoms with Gasteiger partial charge in [-0.3, -0.25) is 4.79 Å². The molecule has 2 aromatic rings. The first-order valence-corrected chi connectivity index (χ1v) is 6.83. The van der Waals surface area contributed by atoms with Gasteiger partial charge in [0, 0.05) is 16.7 Å². The zero-order valence-corrected chi connectivity index (χ0v) is 12.3. The van der Waals surface area contributed by atoms with E-state index in [1.54, 1.807) is 18.2 Å². The second-order valence-electron chi connectivity index (χ2n) is 3.96. The van der Waals surface area contributed by atoms with Crippen LogP contribution < -0.4 is 11.1 Å². The summed E-state index contributed by atoms with van der Waals surface area (Å²) in [5.74, 6) is -0.250. The van der Waals surface area contributed by atoms with Crippen LogP contribution in [0.2, 0.25) is 5.02 Å². The molecule has 0 saturated carbocycles. The molecular weight excluding hydrogens is 328 g/mol. The standard InChI is InChI=1S/C14H12BrClN2O/c15-12-6-2-5-11(13(12)16)14(19)18-10-4-1-3-9(7-10)8-17/h1-7H,8,17H2,(H,18,19). The van der Waals surface area contributed by atoms with E-state index in [2.05, 4.69) is 21.2 Å². The molecule has 3 N–H and O–H groups in total. The van der Waals surface area contributed by atoms with Crippen LogP contribution >= 0.6 is 27.5 Å². The fourth-order valence-electron chi connectivity index (χ4n) is 1.65. The van der Waals surface area contributed by atoms with Gasteiger partial charge in [0.1, 0.15) is 0 Å². The smallest absolute Gasteiger partial charge is 0.257 e. The number of anilines is 1. The molecule has 0 aliphatic heterocycles. The Morgan fingerprint density at radius 3 is 2.74 bits per heavy atom. The molecule has 0 saturated heterocycles. The van der Waals surface area contributed by atoms with E-state index < -0.39 is 0 Å². The van der Waals surface area contributed by atoms with Crippen molar-refractivity contribution in [2.45, 2.75) is 6.54 Å². The summed E-state index contributed by atoms with van der Waals surface area (Å²) in [4.78, 5) is 12.1. The number of nitrogens with two attached hydrogens (primary N) is 1. The van der Waals surface area contributed by atoms with Crippen molar-refractivity contribution in [1.29, 1.82) is 0 Å². The lowest BCUT2D eigenvalue weighted by Crippen LogP contribution is -2.13. The number of benzene rings is 2. The minimum absolute atomic E-state index is 0.250. The molecule has 0 aliphatic carbocycles. The minimum Gasteiger partial charge on any atom is -0.326 e. The van der Waals surface area contributed by atoms with Crippen LogP contribution in [0.5, 0.6) is 0 Å². The molecule has 0 spiro atoms. The van der Waals surface area contributed by atoms with Crippen LogP contribution in [0.25, 0.3) is 0 Å². The van der Waals surface area contributed by atoms with E-state index in [1.807, 2.05) is 24.3 Å². The maximum absolute atomic E-state index is 12.1. The molecule has 0 atom stereocenters. The Kier molecular flexibility index (Phi) is 4.58. The van der Waals surface area contributed by atoms with Crippen molar-refractivity contribution in [3.63, 3.8) is 0 Å². The second-order valence-corrected chi connectivity index (χ2v) is 5.19. The predicted octanol–water partition coefficient (Wildman–Crippen LogP) is 3.81. The first-order chi connectivity index (χ1) is 9.11. The van der Waals surface area contributed by atoms with E-state index >= 15 is 0 Å². The highest BCUT2D eigenvalue weighted by atomic mass is 79.9. The highest BCUT2D eigenvalue weighted by Gasteiger charge is 2.12. The van der Waals surface area contributed by atoms with Crippen LogP contribution in [-0.2, 0) is 6.54 Å². The van der Waals surface area contributed by atoms with Gasteiger partial charge in [0.25, 0.3) is 5.91 Å². The van der Waals surface area contributed by atoms with Gasteiger partial charge in [-0.05, 0) is 45.8 Å². The molecule has 98 valence electrons. The van der Waals surface area contributed by atoms with Crippen molar-refractivity contribution in [1.82, 2.24) is 0 Å². The fraction of sp³-hybridized carbons (Fsp3) is 0.0714. The molecule has 2 rings (SSSR count). The third kappa shape index (κ3) is 3.35. The van der Waals surface area contributed by atoms with Crippen LogP contribution in [0.4, 0.5) is 5.69 Å². The Hall–Kier alpha value is -1.36. The first-order valence-electron chi connectivity index (χ1n) is 5.66. The minimum atomic E-state index is -0.250. The molecule has 0 radical (unpaired) electrons. The number of carbonyl (C=O) groups is 1. The van der Waals surface area contributed by atoms with Crippen LogP contribution in [0.15, 0.2) is 46.9 Å². The average molecular weight is 340 g/mol. The Morgan fingerprint density at radius 1 is 1.26 bits per heavy atom. The number of amides is 1. The van der Waals surface area contributed by atoms with Gasteiger partial charge in [0.15, 0.2) is 0 Å². The van der Waals surface area contributed by atoms with Gasteiger partial charge in [-0.15, -0.1) is 0 Å². The fourth-order valence-corrected chi connectivity index (χ4v) is 2.23. The van der Waals surface area contributed by atoms with E-state index in [4.69, 9.17) is 17.3 Å². The lowest BCUT2D eigenvalue weighted by Gasteiger charge is -2.08. The maximum Gasteiger partial charge on any atom is 0.257 e. The van der Waals surface area contributed by atoms with E-state index in [0.29, 0.717) is 27.3 Å². The molecular formula is C14H12BrClN2O. The molecule has 0 aromatic heterocycles. The van der Waals surface area contributed by atoms with Gasteiger partial charge < -0.3 is 11.1 Å². The van der Waals surface area contributed by atoms with E-state index in [-0.39, 0.29) is 5.91 Å². The maximum atomic E-state index is 12.1. The lowest BCUT2D eigenvalue weighted by atomic mass is 10.1. The number of hydrogen-bond donors (Lipinski definition) is 2. The van der Waals surface area contributed by atoms with Gasteiger partial charge in [-0.25, -0.2) is 0 Å².